The van der Waals surface area contributed by atoms with E-state index in [2.05, 4.69) is 34.1 Å². The highest BCUT2D eigenvalue weighted by Crippen LogP contribution is 2.43. The first-order valence-electron chi connectivity index (χ1n) is 10.3. The zero-order valence-corrected chi connectivity index (χ0v) is 16.0. The molecular weight excluding hydrogens is 350 g/mol. The Labute approximate surface area is 165 Å². The van der Waals surface area contributed by atoms with E-state index in [9.17, 15) is 4.79 Å². The van der Waals surface area contributed by atoms with Crippen molar-refractivity contribution < 1.29 is 9.53 Å². The fourth-order valence-corrected chi connectivity index (χ4v) is 4.94. The fraction of sp³-hybridized carbons (Fsp3) is 0.435. The first-order valence-corrected chi connectivity index (χ1v) is 10.3. The molecule has 1 fully saturated rings. The zero-order valence-electron chi connectivity index (χ0n) is 16.0. The van der Waals surface area contributed by atoms with E-state index in [1.165, 1.54) is 5.56 Å². The minimum atomic E-state index is -0.180. The lowest BCUT2D eigenvalue weighted by Gasteiger charge is -2.45. The number of rotatable bonds is 2. The average Bonchev–Trinajstić information content (AvgIpc) is 2.74. The maximum absolute atomic E-state index is 13.3. The van der Waals surface area contributed by atoms with Gasteiger partial charge in [0.15, 0.2) is 0 Å². The Kier molecular flexibility index (Phi) is 4.57. The van der Waals surface area contributed by atoms with Gasteiger partial charge in [-0.25, -0.2) is 0 Å². The van der Waals surface area contributed by atoms with Gasteiger partial charge in [0.1, 0.15) is 11.4 Å². The predicted octanol–water partition coefficient (Wildman–Crippen LogP) is 2.64. The molecule has 5 rings (SSSR count). The van der Waals surface area contributed by atoms with Crippen LogP contribution in [0.3, 0.4) is 0 Å². The Hall–Kier alpha value is -2.37. The summed E-state index contributed by atoms with van der Waals surface area (Å²) in [6, 6.07) is 16.4. The Bertz CT molecular complexity index is 876. The molecule has 3 N–H and O–H groups in total. The smallest absolute Gasteiger partial charge is 0.229 e. The number of piperidine rings is 1. The summed E-state index contributed by atoms with van der Waals surface area (Å²) in [6.45, 7) is 3.43. The number of benzene rings is 2. The molecule has 5 nitrogen and oxygen atoms in total. The average molecular weight is 377 g/mol. The van der Waals surface area contributed by atoms with Gasteiger partial charge in [0.25, 0.3) is 0 Å². The number of hydrogen-bond acceptors (Lipinski definition) is 4. The van der Waals surface area contributed by atoms with Gasteiger partial charge in [0.2, 0.25) is 5.91 Å². The van der Waals surface area contributed by atoms with Crippen LogP contribution in [0.4, 0.5) is 0 Å². The zero-order chi connectivity index (χ0) is 19.0. The summed E-state index contributed by atoms with van der Waals surface area (Å²) in [7, 11) is 0. The molecule has 2 aromatic carbocycles. The van der Waals surface area contributed by atoms with E-state index in [0.29, 0.717) is 6.54 Å². The summed E-state index contributed by atoms with van der Waals surface area (Å²) >= 11 is 0. The van der Waals surface area contributed by atoms with Crippen molar-refractivity contribution in [2.45, 2.75) is 43.4 Å². The van der Waals surface area contributed by atoms with Crippen LogP contribution < -0.4 is 20.7 Å². The van der Waals surface area contributed by atoms with E-state index in [1.54, 1.807) is 0 Å². The molecule has 0 bridgehead atoms. The first-order chi connectivity index (χ1) is 13.7. The number of para-hydroxylation sites is 1. The Balaban J connectivity index is 1.42. The second-order valence-electron chi connectivity index (χ2n) is 8.22. The van der Waals surface area contributed by atoms with Crippen molar-refractivity contribution in [2.24, 2.45) is 0 Å². The molecule has 3 aliphatic heterocycles. The van der Waals surface area contributed by atoms with Gasteiger partial charge in [-0.05, 0) is 43.1 Å². The van der Waals surface area contributed by atoms with Crippen LogP contribution in [0.2, 0.25) is 0 Å². The SMILES string of the molecule is O=C(NC1CC2(CCNCC2)Oc2ccccc21)C1CNCc2ccccc21. The molecule has 1 saturated heterocycles. The van der Waals surface area contributed by atoms with Crippen LogP contribution >= 0.6 is 0 Å². The van der Waals surface area contributed by atoms with Crippen molar-refractivity contribution in [1.82, 2.24) is 16.0 Å². The predicted molar refractivity (Wildman–Crippen MR) is 108 cm³/mol. The lowest BCUT2D eigenvalue weighted by atomic mass is 9.80. The lowest BCUT2D eigenvalue weighted by molar-refractivity contribution is -0.124. The van der Waals surface area contributed by atoms with Gasteiger partial charge in [-0.15, -0.1) is 0 Å². The highest BCUT2D eigenvalue weighted by Gasteiger charge is 2.42. The molecule has 2 aromatic rings. The van der Waals surface area contributed by atoms with Crippen molar-refractivity contribution in [1.29, 1.82) is 0 Å². The Morgan fingerprint density at radius 2 is 1.75 bits per heavy atom. The number of carbonyl (C=O) groups excluding carboxylic acids is 1. The highest BCUT2D eigenvalue weighted by molar-refractivity contribution is 5.85. The maximum atomic E-state index is 13.3. The van der Waals surface area contributed by atoms with Gasteiger partial charge in [-0.1, -0.05) is 42.5 Å². The maximum Gasteiger partial charge on any atom is 0.229 e. The number of nitrogens with one attached hydrogen (secondary N) is 3. The molecule has 0 aromatic heterocycles. The Morgan fingerprint density at radius 3 is 2.61 bits per heavy atom. The summed E-state index contributed by atoms with van der Waals surface area (Å²) < 4.78 is 6.47. The quantitative estimate of drug-likeness (QED) is 0.753. The molecule has 1 spiro atoms. The van der Waals surface area contributed by atoms with E-state index in [1.807, 2.05) is 30.3 Å². The first kappa shape index (κ1) is 17.7. The van der Waals surface area contributed by atoms with Crippen LogP contribution in [0.25, 0.3) is 0 Å². The van der Waals surface area contributed by atoms with Gasteiger partial charge in [0, 0.05) is 25.1 Å². The topological polar surface area (TPSA) is 62.4 Å². The van der Waals surface area contributed by atoms with Crippen molar-refractivity contribution >= 4 is 5.91 Å². The Morgan fingerprint density at radius 1 is 1.00 bits per heavy atom. The second kappa shape index (κ2) is 7.22. The molecule has 0 saturated carbocycles. The number of amides is 1. The van der Waals surface area contributed by atoms with E-state index in [-0.39, 0.29) is 23.5 Å². The van der Waals surface area contributed by atoms with Crippen LogP contribution in [0.5, 0.6) is 5.75 Å². The standard InChI is InChI=1S/C23H27N3O2/c27-22(19-15-25-14-16-5-1-2-6-17(16)19)26-20-13-23(9-11-24-12-10-23)28-21-8-4-3-7-18(20)21/h1-8,19-20,24-25H,9-15H2,(H,26,27). The summed E-state index contributed by atoms with van der Waals surface area (Å²) in [5.74, 6) is 0.873. The monoisotopic (exact) mass is 377 g/mol. The molecule has 28 heavy (non-hydrogen) atoms. The molecule has 1 amide bonds. The lowest BCUT2D eigenvalue weighted by Crippen LogP contribution is -2.52. The van der Waals surface area contributed by atoms with E-state index in [0.717, 1.165) is 55.8 Å². The number of ether oxygens (including phenoxy) is 1. The summed E-state index contributed by atoms with van der Waals surface area (Å²) in [4.78, 5) is 13.3. The molecule has 3 aliphatic rings. The molecule has 2 unspecified atom stereocenters. The molecular formula is C23H27N3O2. The molecule has 0 aliphatic carbocycles. The van der Waals surface area contributed by atoms with Gasteiger partial charge in [-0.2, -0.15) is 0 Å². The van der Waals surface area contributed by atoms with Crippen molar-refractivity contribution in [3.8, 4) is 5.75 Å². The number of hydrogen-bond donors (Lipinski definition) is 3. The number of carbonyl (C=O) groups is 1. The van der Waals surface area contributed by atoms with Crippen LogP contribution in [-0.4, -0.2) is 31.1 Å². The van der Waals surface area contributed by atoms with Crippen LogP contribution in [-0.2, 0) is 11.3 Å². The van der Waals surface area contributed by atoms with Crippen molar-refractivity contribution in [2.75, 3.05) is 19.6 Å². The third-order valence-corrected chi connectivity index (χ3v) is 6.44. The van der Waals surface area contributed by atoms with Crippen molar-refractivity contribution in [3.63, 3.8) is 0 Å². The minimum Gasteiger partial charge on any atom is -0.487 e. The van der Waals surface area contributed by atoms with Crippen LogP contribution in [0.15, 0.2) is 48.5 Å². The third kappa shape index (κ3) is 3.19. The number of fused-ring (bicyclic) bond motifs is 2. The minimum absolute atomic E-state index is 0.00959. The van der Waals surface area contributed by atoms with E-state index >= 15 is 0 Å². The largest absolute Gasteiger partial charge is 0.487 e. The molecule has 146 valence electrons. The summed E-state index contributed by atoms with van der Waals surface area (Å²) in [6.07, 6.45) is 2.78. The summed E-state index contributed by atoms with van der Waals surface area (Å²) in [5.41, 5.74) is 3.28. The molecule has 3 heterocycles. The summed E-state index contributed by atoms with van der Waals surface area (Å²) in [5, 5.41) is 10.2. The van der Waals surface area contributed by atoms with Crippen molar-refractivity contribution in [3.05, 3.63) is 65.2 Å². The van der Waals surface area contributed by atoms with E-state index < -0.39 is 0 Å². The molecule has 5 heteroatoms. The van der Waals surface area contributed by atoms with Gasteiger partial charge in [-0.3, -0.25) is 4.79 Å². The normalized spacial score (nSPS) is 25.3. The van der Waals surface area contributed by atoms with E-state index in [4.69, 9.17) is 4.74 Å². The van der Waals surface area contributed by atoms with Gasteiger partial charge in [0.05, 0.1) is 12.0 Å². The van der Waals surface area contributed by atoms with Crippen LogP contribution in [0.1, 0.15) is 47.9 Å². The molecule has 2 atom stereocenters. The van der Waals surface area contributed by atoms with Gasteiger partial charge >= 0.3 is 0 Å². The third-order valence-electron chi connectivity index (χ3n) is 6.44. The molecule has 0 radical (unpaired) electrons. The van der Waals surface area contributed by atoms with Gasteiger partial charge < -0.3 is 20.7 Å². The fourth-order valence-electron chi connectivity index (χ4n) is 4.94. The highest BCUT2D eigenvalue weighted by atomic mass is 16.5. The second-order valence-corrected chi connectivity index (χ2v) is 8.22. The van der Waals surface area contributed by atoms with Crippen LogP contribution in [0, 0.1) is 0 Å².